The van der Waals surface area contributed by atoms with Crippen molar-refractivity contribution in [3.05, 3.63) is 35.5 Å². The third-order valence-electron chi connectivity index (χ3n) is 2.88. The molecule has 0 bridgehead atoms. The maximum atomic E-state index is 11.4. The molecule has 92 valence electrons. The summed E-state index contributed by atoms with van der Waals surface area (Å²) in [5.74, 6) is 0.111. The Morgan fingerprint density at radius 1 is 1.29 bits per heavy atom. The summed E-state index contributed by atoms with van der Waals surface area (Å²) in [7, 11) is -2.99. The van der Waals surface area contributed by atoms with Gasteiger partial charge >= 0.3 is 0 Å². The Hall–Kier alpha value is -1.29. The molecule has 2 rings (SSSR count). The number of rotatable bonds is 3. The van der Waals surface area contributed by atoms with Gasteiger partial charge in [-0.2, -0.15) is 0 Å². The van der Waals surface area contributed by atoms with E-state index in [4.69, 9.17) is 0 Å². The van der Waals surface area contributed by atoms with E-state index >= 15 is 0 Å². The monoisotopic (exact) mass is 251 g/mol. The molecule has 0 saturated heterocycles. The second-order valence-electron chi connectivity index (χ2n) is 4.53. The highest BCUT2D eigenvalue weighted by Crippen LogP contribution is 2.24. The lowest BCUT2D eigenvalue weighted by atomic mass is 10.1. The van der Waals surface area contributed by atoms with E-state index in [9.17, 15) is 8.42 Å². The first-order valence-electron chi connectivity index (χ1n) is 5.67. The molecule has 3 nitrogen and oxygen atoms in total. The van der Waals surface area contributed by atoms with E-state index in [0.29, 0.717) is 0 Å². The number of hydrogen-bond donors (Lipinski definition) is 0. The second kappa shape index (κ2) is 4.18. The molecule has 0 radical (unpaired) electrons. The quantitative estimate of drug-likeness (QED) is 0.840. The van der Waals surface area contributed by atoms with E-state index in [1.54, 1.807) is 0 Å². The summed E-state index contributed by atoms with van der Waals surface area (Å²) in [5, 5.41) is 1.04. The van der Waals surface area contributed by atoms with Crippen LogP contribution in [-0.2, 0) is 22.1 Å². The summed E-state index contributed by atoms with van der Waals surface area (Å²) in [4.78, 5) is 0. The van der Waals surface area contributed by atoms with Crippen LogP contribution in [-0.4, -0.2) is 19.2 Å². The van der Waals surface area contributed by atoms with Crippen LogP contribution in [0.25, 0.3) is 10.9 Å². The van der Waals surface area contributed by atoms with Crippen molar-refractivity contribution in [2.75, 3.05) is 6.26 Å². The van der Waals surface area contributed by atoms with Gasteiger partial charge in [-0.25, -0.2) is 8.42 Å². The molecule has 0 unspecified atom stereocenters. The summed E-state index contributed by atoms with van der Waals surface area (Å²) in [6, 6.07) is 6.13. The van der Waals surface area contributed by atoms with Gasteiger partial charge in [0, 0.05) is 29.9 Å². The van der Waals surface area contributed by atoms with Crippen LogP contribution in [0, 0.1) is 6.92 Å². The molecule has 0 amide bonds. The third-order valence-corrected chi connectivity index (χ3v) is 3.71. The maximum absolute atomic E-state index is 11.4. The molecular formula is C13H17NO2S. The molecule has 0 saturated carbocycles. The van der Waals surface area contributed by atoms with Crippen molar-refractivity contribution in [3.8, 4) is 0 Å². The summed E-state index contributed by atoms with van der Waals surface area (Å²) in [6.07, 6.45) is 3.22. The highest BCUT2D eigenvalue weighted by atomic mass is 32.2. The molecule has 0 atom stereocenters. The fourth-order valence-corrected chi connectivity index (χ4v) is 2.93. The number of aromatic nitrogens is 1. The standard InChI is InChI=1S/C13H17NO2S/c1-4-14-8-11(9-17(3,15)16)12-6-5-10(2)7-13(12)14/h5-8H,4,9H2,1-3H3. The lowest BCUT2D eigenvalue weighted by Crippen LogP contribution is -2.00. The minimum Gasteiger partial charge on any atom is -0.347 e. The summed E-state index contributed by atoms with van der Waals surface area (Å²) in [6.45, 7) is 4.96. The molecule has 1 heterocycles. The SMILES string of the molecule is CCn1cc(CS(C)(=O)=O)c2ccc(C)cc21. The van der Waals surface area contributed by atoms with Gasteiger partial charge in [-0.05, 0) is 31.0 Å². The van der Waals surface area contributed by atoms with Crippen LogP contribution in [0.5, 0.6) is 0 Å². The molecule has 0 aliphatic rings. The number of aryl methyl sites for hydroxylation is 2. The van der Waals surface area contributed by atoms with Gasteiger partial charge in [0.05, 0.1) is 5.75 Å². The van der Waals surface area contributed by atoms with Gasteiger partial charge in [-0.3, -0.25) is 0 Å². The zero-order chi connectivity index (χ0) is 12.6. The number of nitrogens with zero attached hydrogens (tertiary/aromatic N) is 1. The minimum atomic E-state index is -2.99. The van der Waals surface area contributed by atoms with Crippen LogP contribution in [0.3, 0.4) is 0 Å². The van der Waals surface area contributed by atoms with Gasteiger partial charge in [0.15, 0.2) is 9.84 Å². The van der Waals surface area contributed by atoms with Crippen molar-refractivity contribution < 1.29 is 8.42 Å². The number of sulfone groups is 1. The molecule has 0 fully saturated rings. The fraction of sp³-hybridized carbons (Fsp3) is 0.385. The first-order valence-corrected chi connectivity index (χ1v) is 7.73. The average Bonchev–Trinajstić information content (AvgIpc) is 2.53. The normalized spacial score (nSPS) is 12.2. The van der Waals surface area contributed by atoms with Crippen molar-refractivity contribution >= 4 is 20.7 Å². The van der Waals surface area contributed by atoms with Crippen LogP contribution >= 0.6 is 0 Å². The van der Waals surface area contributed by atoms with E-state index in [1.165, 1.54) is 11.8 Å². The Morgan fingerprint density at radius 3 is 2.59 bits per heavy atom. The minimum absolute atomic E-state index is 0.111. The van der Waals surface area contributed by atoms with Gasteiger partial charge in [0.2, 0.25) is 0 Å². The van der Waals surface area contributed by atoms with E-state index in [-0.39, 0.29) is 5.75 Å². The summed E-state index contributed by atoms with van der Waals surface area (Å²) < 4.78 is 24.9. The van der Waals surface area contributed by atoms with Crippen LogP contribution < -0.4 is 0 Å². The largest absolute Gasteiger partial charge is 0.347 e. The maximum Gasteiger partial charge on any atom is 0.151 e. The third kappa shape index (κ3) is 2.52. The van der Waals surface area contributed by atoms with Crippen LogP contribution in [0.1, 0.15) is 18.1 Å². The van der Waals surface area contributed by atoms with Gasteiger partial charge in [0.25, 0.3) is 0 Å². The highest BCUT2D eigenvalue weighted by Gasteiger charge is 2.12. The van der Waals surface area contributed by atoms with Crippen LogP contribution in [0.4, 0.5) is 0 Å². The Balaban J connectivity index is 2.65. The van der Waals surface area contributed by atoms with Gasteiger partial charge in [0.1, 0.15) is 0 Å². The molecular weight excluding hydrogens is 234 g/mol. The van der Waals surface area contributed by atoms with Gasteiger partial charge < -0.3 is 4.57 Å². The number of fused-ring (bicyclic) bond motifs is 1. The first kappa shape index (κ1) is 12.2. The van der Waals surface area contributed by atoms with Crippen LogP contribution in [0.15, 0.2) is 24.4 Å². The second-order valence-corrected chi connectivity index (χ2v) is 6.67. The molecule has 0 spiro atoms. The van der Waals surface area contributed by atoms with Crippen LogP contribution in [0.2, 0.25) is 0 Å². The number of benzene rings is 1. The van der Waals surface area contributed by atoms with Crippen molar-refractivity contribution in [2.24, 2.45) is 0 Å². The van der Waals surface area contributed by atoms with E-state index < -0.39 is 9.84 Å². The Labute approximate surface area is 102 Å². The molecule has 0 aliphatic carbocycles. The lowest BCUT2D eigenvalue weighted by Gasteiger charge is -2.00. The smallest absolute Gasteiger partial charge is 0.151 e. The Bertz CT molecular complexity index is 653. The van der Waals surface area contributed by atoms with Crippen molar-refractivity contribution in [1.82, 2.24) is 4.57 Å². The molecule has 4 heteroatoms. The Kier molecular flexibility index (Phi) is 3.00. The lowest BCUT2D eigenvalue weighted by molar-refractivity contribution is 0.601. The van der Waals surface area contributed by atoms with E-state index in [0.717, 1.165) is 23.0 Å². The predicted octanol–water partition coefficient (Wildman–Crippen LogP) is 2.51. The van der Waals surface area contributed by atoms with E-state index in [2.05, 4.69) is 17.6 Å². The van der Waals surface area contributed by atoms with Crippen molar-refractivity contribution in [2.45, 2.75) is 26.1 Å². The van der Waals surface area contributed by atoms with Crippen molar-refractivity contribution in [3.63, 3.8) is 0 Å². The van der Waals surface area contributed by atoms with E-state index in [1.807, 2.05) is 25.3 Å². The van der Waals surface area contributed by atoms with Gasteiger partial charge in [-0.1, -0.05) is 12.1 Å². The fourth-order valence-electron chi connectivity index (χ4n) is 2.14. The molecule has 17 heavy (non-hydrogen) atoms. The molecule has 2 aromatic rings. The average molecular weight is 251 g/mol. The first-order chi connectivity index (χ1) is 7.90. The zero-order valence-corrected chi connectivity index (χ0v) is 11.2. The summed E-state index contributed by atoms with van der Waals surface area (Å²) >= 11 is 0. The molecule has 0 aliphatic heterocycles. The number of hydrogen-bond acceptors (Lipinski definition) is 2. The molecule has 0 N–H and O–H groups in total. The predicted molar refractivity (Wildman–Crippen MR) is 70.9 cm³/mol. The highest BCUT2D eigenvalue weighted by molar-refractivity contribution is 7.89. The van der Waals surface area contributed by atoms with Crippen molar-refractivity contribution in [1.29, 1.82) is 0 Å². The summed E-state index contributed by atoms with van der Waals surface area (Å²) in [5.41, 5.74) is 3.20. The molecule has 1 aromatic carbocycles. The Morgan fingerprint density at radius 2 is 2.00 bits per heavy atom. The zero-order valence-electron chi connectivity index (χ0n) is 10.4. The topological polar surface area (TPSA) is 39.1 Å². The molecule has 1 aromatic heterocycles. The van der Waals surface area contributed by atoms with Gasteiger partial charge in [-0.15, -0.1) is 0 Å².